The van der Waals surface area contributed by atoms with Crippen LogP contribution in [0.25, 0.3) is 10.9 Å². The van der Waals surface area contributed by atoms with E-state index < -0.39 is 5.97 Å². The zero-order valence-electron chi connectivity index (χ0n) is 13.9. The maximum absolute atomic E-state index is 13.6. The van der Waals surface area contributed by atoms with E-state index in [-0.39, 0.29) is 18.5 Å². The summed E-state index contributed by atoms with van der Waals surface area (Å²) in [6.07, 6.45) is 1.75. The quantitative estimate of drug-likeness (QED) is 0.673. The summed E-state index contributed by atoms with van der Waals surface area (Å²) in [7, 11) is 0. The lowest BCUT2D eigenvalue weighted by Gasteiger charge is -2.19. The Hall–Kier alpha value is -2.69. The van der Waals surface area contributed by atoms with Crippen LogP contribution in [0.1, 0.15) is 41.6 Å². The van der Waals surface area contributed by atoms with Crippen LogP contribution in [-0.2, 0) is 4.74 Å². The number of hydrogen-bond donors (Lipinski definition) is 0. The first kappa shape index (κ1) is 16.2. The van der Waals surface area contributed by atoms with Gasteiger partial charge in [-0.15, -0.1) is 0 Å². The van der Waals surface area contributed by atoms with Crippen LogP contribution >= 0.6 is 0 Å². The van der Waals surface area contributed by atoms with Crippen LogP contribution in [0.15, 0.2) is 42.6 Å². The average molecular weight is 326 g/mol. The summed E-state index contributed by atoms with van der Waals surface area (Å²) in [6.45, 7) is 5.98. The molecule has 3 aromatic rings. The van der Waals surface area contributed by atoms with Crippen molar-refractivity contribution in [2.45, 2.75) is 26.8 Å². The van der Waals surface area contributed by atoms with E-state index >= 15 is 0 Å². The number of ether oxygens (including phenoxy) is 1. The molecular formula is C19H19FN2O2. The molecule has 1 aromatic carbocycles. The minimum Gasteiger partial charge on any atom is -0.461 e. The topological polar surface area (TPSA) is 44.1 Å². The number of halogens is 1. The molecule has 0 aliphatic heterocycles. The molecule has 0 fully saturated rings. The van der Waals surface area contributed by atoms with E-state index in [1.807, 2.05) is 30.5 Å². The first-order chi connectivity index (χ1) is 11.5. The second-order valence-corrected chi connectivity index (χ2v) is 5.73. The molecule has 0 saturated carbocycles. The van der Waals surface area contributed by atoms with Gasteiger partial charge >= 0.3 is 5.97 Å². The van der Waals surface area contributed by atoms with Crippen molar-refractivity contribution < 1.29 is 13.9 Å². The Morgan fingerprint density at radius 1 is 1.29 bits per heavy atom. The fraction of sp³-hybridized carbons (Fsp3) is 0.263. The Balaban J connectivity index is 2.20. The van der Waals surface area contributed by atoms with Crippen molar-refractivity contribution >= 4 is 16.9 Å². The minimum atomic E-state index is -0.410. The molecule has 0 bridgehead atoms. The minimum absolute atomic E-state index is 0.117. The summed E-state index contributed by atoms with van der Waals surface area (Å²) in [6, 6.07) is 9.99. The molecule has 0 aliphatic carbocycles. The summed E-state index contributed by atoms with van der Waals surface area (Å²) in [4.78, 5) is 16.6. The number of aryl methyl sites for hydroxylation is 1. The highest BCUT2D eigenvalue weighted by atomic mass is 19.1. The number of benzene rings is 1. The highest BCUT2D eigenvalue weighted by Gasteiger charge is 2.21. The first-order valence-corrected chi connectivity index (χ1v) is 7.91. The Morgan fingerprint density at radius 2 is 2.08 bits per heavy atom. The van der Waals surface area contributed by atoms with Crippen molar-refractivity contribution in [2.75, 3.05) is 6.61 Å². The number of hydrogen-bond acceptors (Lipinski definition) is 3. The molecule has 24 heavy (non-hydrogen) atoms. The maximum Gasteiger partial charge on any atom is 0.354 e. The van der Waals surface area contributed by atoms with E-state index in [1.54, 1.807) is 25.3 Å². The van der Waals surface area contributed by atoms with Crippen molar-refractivity contribution in [2.24, 2.45) is 0 Å². The van der Waals surface area contributed by atoms with Crippen LogP contribution in [-0.4, -0.2) is 22.1 Å². The van der Waals surface area contributed by atoms with E-state index in [0.29, 0.717) is 11.1 Å². The van der Waals surface area contributed by atoms with E-state index in [4.69, 9.17) is 4.74 Å². The molecule has 3 rings (SSSR count). The Bertz CT molecular complexity index is 902. The molecule has 1 unspecified atom stereocenters. The smallest absolute Gasteiger partial charge is 0.354 e. The highest BCUT2D eigenvalue weighted by molar-refractivity contribution is 5.96. The lowest BCUT2D eigenvalue weighted by molar-refractivity contribution is 0.0513. The van der Waals surface area contributed by atoms with Gasteiger partial charge in [0.15, 0.2) is 0 Å². The van der Waals surface area contributed by atoms with Crippen molar-refractivity contribution in [3.63, 3.8) is 0 Å². The molecule has 5 heteroatoms. The fourth-order valence-corrected chi connectivity index (χ4v) is 2.96. The van der Waals surface area contributed by atoms with Crippen LogP contribution in [0.3, 0.4) is 0 Å². The molecule has 1 atom stereocenters. The lowest BCUT2D eigenvalue weighted by Crippen LogP contribution is -2.16. The van der Waals surface area contributed by atoms with Crippen LogP contribution in [0.2, 0.25) is 0 Å². The van der Waals surface area contributed by atoms with Gasteiger partial charge in [-0.1, -0.05) is 0 Å². The summed E-state index contributed by atoms with van der Waals surface area (Å²) in [5.74, 6) is -0.741. The summed E-state index contributed by atoms with van der Waals surface area (Å²) < 4.78 is 20.6. The van der Waals surface area contributed by atoms with Crippen molar-refractivity contribution in [3.05, 3.63) is 65.4 Å². The van der Waals surface area contributed by atoms with E-state index in [9.17, 15) is 9.18 Å². The third-order valence-electron chi connectivity index (χ3n) is 4.08. The Kier molecular flexibility index (Phi) is 4.34. The second kappa shape index (κ2) is 6.43. The van der Waals surface area contributed by atoms with Crippen molar-refractivity contribution in [1.29, 1.82) is 0 Å². The predicted molar refractivity (Wildman–Crippen MR) is 90.6 cm³/mol. The monoisotopic (exact) mass is 326 g/mol. The number of aromatic nitrogens is 2. The lowest BCUT2D eigenvalue weighted by atomic mass is 10.1. The van der Waals surface area contributed by atoms with E-state index in [1.165, 1.54) is 12.1 Å². The van der Waals surface area contributed by atoms with E-state index in [0.717, 1.165) is 16.8 Å². The molecular weight excluding hydrogens is 307 g/mol. The maximum atomic E-state index is 13.6. The van der Waals surface area contributed by atoms with Crippen LogP contribution in [0.5, 0.6) is 0 Å². The number of esters is 1. The SMILES string of the molecule is CCOC(=O)c1cc2cc(F)ccc2n1C(C)c1ccnc(C)c1. The molecule has 0 aliphatic rings. The second-order valence-electron chi connectivity index (χ2n) is 5.73. The number of nitrogens with zero attached hydrogens (tertiary/aromatic N) is 2. The number of carbonyl (C=O) groups excluding carboxylic acids is 1. The van der Waals surface area contributed by atoms with Gasteiger partial charge in [-0.05, 0) is 62.7 Å². The summed E-state index contributed by atoms with van der Waals surface area (Å²) in [5, 5.41) is 0.677. The van der Waals surface area contributed by atoms with Crippen LogP contribution in [0.4, 0.5) is 4.39 Å². The average Bonchev–Trinajstić information content (AvgIpc) is 2.93. The molecule has 124 valence electrons. The normalized spacial score (nSPS) is 12.3. The van der Waals surface area contributed by atoms with Crippen LogP contribution in [0, 0.1) is 12.7 Å². The molecule has 2 heterocycles. The van der Waals surface area contributed by atoms with Crippen molar-refractivity contribution in [1.82, 2.24) is 9.55 Å². The number of pyridine rings is 1. The zero-order valence-corrected chi connectivity index (χ0v) is 13.9. The largest absolute Gasteiger partial charge is 0.461 e. The number of rotatable bonds is 4. The summed E-state index contributed by atoms with van der Waals surface area (Å²) >= 11 is 0. The predicted octanol–water partition coefficient (Wildman–Crippen LogP) is 4.27. The van der Waals surface area contributed by atoms with Gasteiger partial charge < -0.3 is 9.30 Å². The zero-order chi connectivity index (χ0) is 17.3. The van der Waals surface area contributed by atoms with Gasteiger partial charge in [0, 0.05) is 22.8 Å². The third kappa shape index (κ3) is 2.89. The molecule has 0 N–H and O–H groups in total. The number of carbonyl (C=O) groups is 1. The van der Waals surface area contributed by atoms with Gasteiger partial charge in [-0.3, -0.25) is 4.98 Å². The van der Waals surface area contributed by atoms with Gasteiger partial charge in [0.2, 0.25) is 0 Å². The first-order valence-electron chi connectivity index (χ1n) is 7.91. The fourth-order valence-electron chi connectivity index (χ4n) is 2.96. The van der Waals surface area contributed by atoms with E-state index in [2.05, 4.69) is 4.98 Å². The summed E-state index contributed by atoms with van der Waals surface area (Å²) in [5.41, 5.74) is 3.13. The molecule has 0 spiro atoms. The standard InChI is InChI=1S/C19H19FN2O2/c1-4-24-19(23)18-11-15-10-16(20)5-6-17(15)22(18)13(3)14-7-8-21-12(2)9-14/h5-11,13H,4H2,1-3H3. The van der Waals surface area contributed by atoms with Crippen LogP contribution < -0.4 is 0 Å². The van der Waals surface area contributed by atoms with Gasteiger partial charge in [0.25, 0.3) is 0 Å². The third-order valence-corrected chi connectivity index (χ3v) is 4.08. The molecule has 4 nitrogen and oxygen atoms in total. The van der Waals surface area contributed by atoms with Gasteiger partial charge in [-0.2, -0.15) is 0 Å². The molecule has 0 saturated heterocycles. The van der Waals surface area contributed by atoms with Crippen molar-refractivity contribution in [3.8, 4) is 0 Å². The molecule has 0 radical (unpaired) electrons. The molecule has 0 amide bonds. The Morgan fingerprint density at radius 3 is 2.79 bits per heavy atom. The molecule has 2 aromatic heterocycles. The Labute approximate surface area is 139 Å². The number of fused-ring (bicyclic) bond motifs is 1. The van der Waals surface area contributed by atoms with Gasteiger partial charge in [-0.25, -0.2) is 9.18 Å². The van der Waals surface area contributed by atoms with Gasteiger partial charge in [0.05, 0.1) is 12.6 Å². The highest BCUT2D eigenvalue weighted by Crippen LogP contribution is 2.29. The van der Waals surface area contributed by atoms with Gasteiger partial charge in [0.1, 0.15) is 11.5 Å².